The van der Waals surface area contributed by atoms with Crippen molar-refractivity contribution in [2.75, 3.05) is 19.5 Å². The van der Waals surface area contributed by atoms with Gasteiger partial charge in [-0.3, -0.25) is 4.79 Å². The van der Waals surface area contributed by atoms with Gasteiger partial charge in [-0.2, -0.15) is 0 Å². The molecular weight excluding hydrogens is 368 g/mol. The summed E-state index contributed by atoms with van der Waals surface area (Å²) in [4.78, 5) is 15.1. The first-order chi connectivity index (χ1) is 14.1. The van der Waals surface area contributed by atoms with Crippen LogP contribution < -0.4 is 14.8 Å². The number of benzene rings is 3. The summed E-state index contributed by atoms with van der Waals surface area (Å²) >= 11 is 0. The fourth-order valence-electron chi connectivity index (χ4n) is 3.57. The Hall–Kier alpha value is -3.67. The summed E-state index contributed by atoms with van der Waals surface area (Å²) in [5.41, 5.74) is 3.15. The van der Waals surface area contributed by atoms with Gasteiger partial charge in [-0.25, -0.2) is 0 Å². The summed E-state index contributed by atoms with van der Waals surface area (Å²) in [6.07, 6.45) is -0.457. The second-order valence-corrected chi connectivity index (χ2v) is 6.79. The number of rotatable bonds is 5. The van der Waals surface area contributed by atoms with Gasteiger partial charge in [0, 0.05) is 17.8 Å². The van der Waals surface area contributed by atoms with Crippen LogP contribution in [0.4, 0.5) is 5.69 Å². The lowest BCUT2D eigenvalue weighted by Gasteiger charge is -2.38. The van der Waals surface area contributed by atoms with Crippen LogP contribution in [0.2, 0.25) is 0 Å². The molecule has 29 heavy (non-hydrogen) atoms. The summed E-state index contributed by atoms with van der Waals surface area (Å²) in [5, 5.41) is 13.7. The van der Waals surface area contributed by atoms with Crippen LogP contribution in [0.25, 0.3) is 0 Å². The molecule has 1 atom stereocenters. The first-order valence-corrected chi connectivity index (χ1v) is 9.27. The third-order valence-electron chi connectivity index (χ3n) is 5.04. The predicted molar refractivity (Wildman–Crippen MR) is 110 cm³/mol. The van der Waals surface area contributed by atoms with Crippen LogP contribution in [0.15, 0.2) is 66.7 Å². The number of phenolic OH excluding ortho intramolecular Hbond substituents is 1. The minimum atomic E-state index is -0.457. The van der Waals surface area contributed by atoms with Crippen LogP contribution in [0.3, 0.4) is 0 Å². The highest BCUT2D eigenvalue weighted by atomic mass is 16.5. The number of nitrogens with zero attached hydrogens (tertiary/aromatic N) is 1. The van der Waals surface area contributed by atoms with Crippen molar-refractivity contribution < 1.29 is 19.4 Å². The SMILES string of the molecule is COc1cc([C@H]2Nc3ccccc3C(=O)N2Cc2ccccc2)cc(OC)c1O. The molecule has 3 aromatic carbocycles. The first kappa shape index (κ1) is 18.7. The molecule has 0 saturated heterocycles. The molecule has 2 N–H and O–H groups in total. The quantitative estimate of drug-likeness (QED) is 0.684. The maximum atomic E-state index is 13.4. The molecule has 0 radical (unpaired) electrons. The number of nitrogens with one attached hydrogen (secondary N) is 1. The first-order valence-electron chi connectivity index (χ1n) is 9.27. The van der Waals surface area contributed by atoms with E-state index in [0.29, 0.717) is 12.1 Å². The molecule has 1 aliphatic heterocycles. The van der Waals surface area contributed by atoms with E-state index in [0.717, 1.165) is 16.8 Å². The van der Waals surface area contributed by atoms with E-state index < -0.39 is 6.17 Å². The van der Waals surface area contributed by atoms with Crippen molar-refractivity contribution in [2.24, 2.45) is 0 Å². The monoisotopic (exact) mass is 390 g/mol. The number of amides is 1. The Morgan fingerprint density at radius 2 is 1.59 bits per heavy atom. The third-order valence-corrected chi connectivity index (χ3v) is 5.04. The zero-order valence-electron chi connectivity index (χ0n) is 16.3. The number of phenols is 1. The van der Waals surface area contributed by atoms with Gasteiger partial charge in [0.05, 0.1) is 19.8 Å². The lowest BCUT2D eigenvalue weighted by Crippen LogP contribution is -2.42. The van der Waals surface area contributed by atoms with Crippen molar-refractivity contribution in [3.8, 4) is 17.2 Å². The Balaban J connectivity index is 1.81. The summed E-state index contributed by atoms with van der Waals surface area (Å²) in [6, 6.07) is 20.7. The van der Waals surface area contributed by atoms with E-state index in [1.165, 1.54) is 14.2 Å². The number of ether oxygens (including phenoxy) is 2. The largest absolute Gasteiger partial charge is 0.502 e. The number of methoxy groups -OCH3 is 2. The van der Waals surface area contributed by atoms with E-state index in [2.05, 4.69) is 5.32 Å². The summed E-state index contributed by atoms with van der Waals surface area (Å²) in [7, 11) is 2.96. The van der Waals surface area contributed by atoms with Gasteiger partial charge < -0.3 is 24.8 Å². The standard InChI is InChI=1S/C23H22N2O4/c1-28-19-12-16(13-20(29-2)21(19)26)22-24-18-11-7-6-10-17(18)23(27)25(22)14-15-8-4-3-5-9-15/h3-13,22,24,26H,14H2,1-2H3/t22-/m0/s1. The molecule has 148 valence electrons. The fourth-order valence-corrected chi connectivity index (χ4v) is 3.57. The molecule has 3 aromatic rings. The lowest BCUT2D eigenvalue weighted by atomic mass is 10.0. The number of fused-ring (bicyclic) bond motifs is 1. The normalized spacial score (nSPS) is 15.4. The van der Waals surface area contributed by atoms with Gasteiger partial charge in [-0.1, -0.05) is 42.5 Å². The lowest BCUT2D eigenvalue weighted by molar-refractivity contribution is 0.0666. The van der Waals surface area contributed by atoms with E-state index >= 15 is 0 Å². The van der Waals surface area contributed by atoms with Crippen molar-refractivity contribution in [3.63, 3.8) is 0 Å². The Morgan fingerprint density at radius 1 is 0.966 bits per heavy atom. The minimum Gasteiger partial charge on any atom is -0.502 e. The van der Waals surface area contributed by atoms with Crippen LogP contribution in [-0.4, -0.2) is 30.1 Å². The topological polar surface area (TPSA) is 71.0 Å². The average Bonchev–Trinajstić information content (AvgIpc) is 2.76. The number of aromatic hydroxyl groups is 1. The maximum Gasteiger partial charge on any atom is 0.258 e. The molecule has 0 aromatic heterocycles. The van der Waals surface area contributed by atoms with Crippen molar-refractivity contribution in [1.29, 1.82) is 0 Å². The van der Waals surface area contributed by atoms with Crippen LogP contribution in [0.1, 0.15) is 27.7 Å². The highest BCUT2D eigenvalue weighted by Crippen LogP contribution is 2.42. The Morgan fingerprint density at radius 3 is 2.24 bits per heavy atom. The van der Waals surface area contributed by atoms with E-state index in [1.807, 2.05) is 54.6 Å². The molecule has 0 saturated carbocycles. The Bertz CT molecular complexity index is 1010. The van der Waals surface area contributed by atoms with Gasteiger partial charge >= 0.3 is 0 Å². The summed E-state index contributed by atoms with van der Waals surface area (Å²) in [5.74, 6) is 0.425. The van der Waals surface area contributed by atoms with Crippen LogP contribution in [0, 0.1) is 0 Å². The van der Waals surface area contributed by atoms with Crippen LogP contribution in [0.5, 0.6) is 17.2 Å². The fraction of sp³-hybridized carbons (Fsp3) is 0.174. The van der Waals surface area contributed by atoms with Crippen molar-refractivity contribution in [2.45, 2.75) is 12.7 Å². The van der Waals surface area contributed by atoms with Gasteiger partial charge in [0.1, 0.15) is 6.17 Å². The van der Waals surface area contributed by atoms with Crippen molar-refractivity contribution in [1.82, 2.24) is 4.90 Å². The van der Waals surface area contributed by atoms with Crippen molar-refractivity contribution in [3.05, 3.63) is 83.4 Å². The molecule has 1 heterocycles. The van der Waals surface area contributed by atoms with Gasteiger partial charge in [-0.05, 0) is 29.8 Å². The zero-order chi connectivity index (χ0) is 20.4. The molecule has 0 bridgehead atoms. The number of hydrogen-bond donors (Lipinski definition) is 2. The highest BCUT2D eigenvalue weighted by Gasteiger charge is 2.33. The number of carbonyl (C=O) groups is 1. The maximum absolute atomic E-state index is 13.4. The van der Waals surface area contributed by atoms with Crippen LogP contribution >= 0.6 is 0 Å². The second-order valence-electron chi connectivity index (χ2n) is 6.79. The molecule has 1 amide bonds. The van der Waals surface area contributed by atoms with Gasteiger partial charge in [0.2, 0.25) is 5.75 Å². The highest BCUT2D eigenvalue weighted by molar-refractivity contribution is 6.01. The van der Waals surface area contributed by atoms with Crippen LogP contribution in [-0.2, 0) is 6.54 Å². The third kappa shape index (κ3) is 3.45. The molecule has 4 rings (SSSR count). The summed E-state index contributed by atoms with van der Waals surface area (Å²) in [6.45, 7) is 0.428. The van der Waals surface area contributed by atoms with Gasteiger partial charge in [0.15, 0.2) is 11.5 Å². The minimum absolute atomic E-state index is 0.0702. The number of hydrogen-bond acceptors (Lipinski definition) is 5. The van der Waals surface area contributed by atoms with E-state index in [9.17, 15) is 9.90 Å². The molecule has 6 nitrogen and oxygen atoms in total. The number of carbonyl (C=O) groups excluding carboxylic acids is 1. The molecular formula is C23H22N2O4. The molecule has 0 fully saturated rings. The van der Waals surface area contributed by atoms with Crippen molar-refractivity contribution >= 4 is 11.6 Å². The van der Waals surface area contributed by atoms with Gasteiger partial charge in [0.25, 0.3) is 5.91 Å². The smallest absolute Gasteiger partial charge is 0.258 e. The molecule has 6 heteroatoms. The van der Waals surface area contributed by atoms with E-state index in [-0.39, 0.29) is 23.2 Å². The molecule has 1 aliphatic rings. The Labute approximate surface area is 169 Å². The molecule has 0 spiro atoms. The van der Waals surface area contributed by atoms with E-state index in [4.69, 9.17) is 9.47 Å². The Kier molecular flexibility index (Phi) is 4.99. The molecule has 0 aliphatic carbocycles. The zero-order valence-corrected chi connectivity index (χ0v) is 16.3. The average molecular weight is 390 g/mol. The van der Waals surface area contributed by atoms with Gasteiger partial charge in [-0.15, -0.1) is 0 Å². The second kappa shape index (κ2) is 7.75. The van der Waals surface area contributed by atoms with E-state index in [1.54, 1.807) is 17.0 Å². The summed E-state index contributed by atoms with van der Waals surface area (Å²) < 4.78 is 10.6. The number of anilines is 1. The molecule has 0 unspecified atom stereocenters. The predicted octanol–water partition coefficient (Wildman–Crippen LogP) is 4.18. The number of para-hydroxylation sites is 1.